The average molecular weight is 529 g/mol. The molecule has 0 aliphatic heterocycles. The quantitative estimate of drug-likeness (QED) is 0.551. The molecule has 0 fully saturated rings. The number of hydrogen-bond acceptors (Lipinski definition) is 4. The molecule has 2 aromatic rings. The van der Waals surface area contributed by atoms with Gasteiger partial charge >= 0.3 is 0 Å². The first-order valence-electron chi connectivity index (χ1n) is 10.7. The fourth-order valence-electron chi connectivity index (χ4n) is 3.33. The summed E-state index contributed by atoms with van der Waals surface area (Å²) in [5, 5.41) is 3.65. The summed E-state index contributed by atoms with van der Waals surface area (Å²) in [5.74, 6) is -0.913. The second-order valence-corrected chi connectivity index (χ2v) is 12.0. The van der Waals surface area contributed by atoms with Crippen molar-refractivity contribution in [2.24, 2.45) is 0 Å². The molecule has 1 atom stereocenters. The number of carbonyl (C=O) groups is 2. The fraction of sp³-hybridized carbons (Fsp3) is 0.417. The number of sulfonamides is 1. The molecule has 0 unspecified atom stereocenters. The van der Waals surface area contributed by atoms with Crippen molar-refractivity contribution in [3.05, 3.63) is 63.6 Å². The number of halogens is 2. The molecular weight excluding hydrogens is 497 g/mol. The number of hydrogen-bond donors (Lipinski definition) is 1. The van der Waals surface area contributed by atoms with Gasteiger partial charge in [0.1, 0.15) is 12.6 Å². The van der Waals surface area contributed by atoms with Crippen LogP contribution in [0.4, 0.5) is 5.69 Å². The summed E-state index contributed by atoms with van der Waals surface area (Å²) < 4.78 is 26.3. The van der Waals surface area contributed by atoms with E-state index in [1.54, 1.807) is 56.3 Å². The average Bonchev–Trinajstić information content (AvgIpc) is 2.69. The van der Waals surface area contributed by atoms with E-state index < -0.39 is 34.1 Å². The third-order valence-corrected chi connectivity index (χ3v) is 6.80. The van der Waals surface area contributed by atoms with E-state index in [1.807, 2.05) is 20.8 Å². The largest absolute Gasteiger partial charge is 0.350 e. The van der Waals surface area contributed by atoms with E-state index in [-0.39, 0.29) is 12.5 Å². The van der Waals surface area contributed by atoms with Crippen molar-refractivity contribution in [1.82, 2.24) is 10.2 Å². The molecular formula is C24H31Cl2N3O4S. The van der Waals surface area contributed by atoms with E-state index in [9.17, 15) is 18.0 Å². The van der Waals surface area contributed by atoms with E-state index in [0.29, 0.717) is 26.9 Å². The normalized spacial score (nSPS) is 12.7. The minimum Gasteiger partial charge on any atom is -0.350 e. The zero-order chi connectivity index (χ0) is 25.8. The van der Waals surface area contributed by atoms with Gasteiger partial charge in [0.2, 0.25) is 21.8 Å². The van der Waals surface area contributed by atoms with Crippen LogP contribution in [0, 0.1) is 6.92 Å². The van der Waals surface area contributed by atoms with Gasteiger partial charge in [-0.05, 0) is 63.9 Å². The van der Waals surface area contributed by atoms with Crippen LogP contribution in [0.3, 0.4) is 0 Å². The third kappa shape index (κ3) is 7.61. The molecule has 7 nitrogen and oxygen atoms in total. The van der Waals surface area contributed by atoms with Gasteiger partial charge in [0.05, 0.1) is 11.9 Å². The van der Waals surface area contributed by atoms with Gasteiger partial charge in [0.25, 0.3) is 0 Å². The Labute approximate surface area is 212 Å². The summed E-state index contributed by atoms with van der Waals surface area (Å²) in [6.07, 6.45) is 1.04. The van der Waals surface area contributed by atoms with Crippen LogP contribution >= 0.6 is 23.2 Å². The van der Waals surface area contributed by atoms with Crippen LogP contribution in [0.1, 0.15) is 38.8 Å². The Morgan fingerprint density at radius 1 is 1.09 bits per heavy atom. The van der Waals surface area contributed by atoms with Gasteiger partial charge in [-0.2, -0.15) is 0 Å². The number of aryl methyl sites for hydroxylation is 1. The lowest BCUT2D eigenvalue weighted by molar-refractivity contribution is -0.140. The molecule has 2 rings (SSSR count). The SMILES string of the molecule is Cc1ccccc1N(CC(=O)N(Cc1ccc(Cl)cc1Cl)[C@@H](C)C(=O)NC(C)(C)C)S(C)(=O)=O. The summed E-state index contributed by atoms with van der Waals surface area (Å²) in [4.78, 5) is 27.8. The van der Waals surface area contributed by atoms with Gasteiger partial charge in [0.15, 0.2) is 0 Å². The summed E-state index contributed by atoms with van der Waals surface area (Å²) in [6, 6.07) is 10.9. The predicted octanol–water partition coefficient (Wildman–Crippen LogP) is 4.40. The highest BCUT2D eigenvalue weighted by atomic mass is 35.5. The van der Waals surface area contributed by atoms with Crippen molar-refractivity contribution in [2.75, 3.05) is 17.1 Å². The van der Waals surface area contributed by atoms with E-state index in [0.717, 1.165) is 10.6 Å². The monoisotopic (exact) mass is 527 g/mol. The maximum Gasteiger partial charge on any atom is 0.244 e. The van der Waals surface area contributed by atoms with Gasteiger partial charge in [-0.1, -0.05) is 47.5 Å². The van der Waals surface area contributed by atoms with Crippen LogP contribution in [0.15, 0.2) is 42.5 Å². The van der Waals surface area contributed by atoms with Crippen molar-refractivity contribution in [3.8, 4) is 0 Å². The lowest BCUT2D eigenvalue weighted by Crippen LogP contribution is -2.54. The molecule has 0 aliphatic carbocycles. The first-order valence-corrected chi connectivity index (χ1v) is 13.3. The van der Waals surface area contributed by atoms with Crippen LogP contribution in [-0.2, 0) is 26.2 Å². The molecule has 0 bridgehead atoms. The summed E-state index contributed by atoms with van der Waals surface area (Å²) in [6.45, 7) is 8.40. The Balaban J connectivity index is 2.46. The molecule has 1 N–H and O–H groups in total. The van der Waals surface area contributed by atoms with Gasteiger partial charge in [-0.3, -0.25) is 13.9 Å². The Bertz CT molecular complexity index is 1160. The van der Waals surface area contributed by atoms with Crippen molar-refractivity contribution in [3.63, 3.8) is 0 Å². The molecule has 10 heteroatoms. The molecule has 0 aliphatic rings. The molecule has 0 heterocycles. The van der Waals surface area contributed by atoms with Gasteiger partial charge < -0.3 is 10.2 Å². The lowest BCUT2D eigenvalue weighted by atomic mass is 10.1. The van der Waals surface area contributed by atoms with Crippen molar-refractivity contribution in [1.29, 1.82) is 0 Å². The molecule has 0 spiro atoms. The highest BCUT2D eigenvalue weighted by Crippen LogP contribution is 2.25. The third-order valence-electron chi connectivity index (χ3n) is 5.08. The van der Waals surface area contributed by atoms with E-state index >= 15 is 0 Å². The minimum atomic E-state index is -3.79. The standard InChI is InChI=1S/C24H31Cl2N3O4S/c1-16-9-7-8-10-21(16)29(34(6,32)33)15-22(30)28(17(2)23(31)27-24(3,4)5)14-18-11-12-19(25)13-20(18)26/h7-13,17H,14-15H2,1-6H3,(H,27,31)/t17-/m0/s1. The smallest absolute Gasteiger partial charge is 0.244 e. The molecule has 186 valence electrons. The molecule has 0 aromatic heterocycles. The number of amides is 2. The van der Waals surface area contributed by atoms with Crippen LogP contribution in [0.5, 0.6) is 0 Å². The van der Waals surface area contributed by atoms with E-state index in [2.05, 4.69) is 5.32 Å². The Morgan fingerprint density at radius 3 is 2.24 bits per heavy atom. The first-order chi connectivity index (χ1) is 15.6. The maximum absolute atomic E-state index is 13.5. The van der Waals surface area contributed by atoms with Crippen LogP contribution in [-0.4, -0.2) is 49.5 Å². The number of nitrogens with zero attached hydrogens (tertiary/aromatic N) is 2. The van der Waals surface area contributed by atoms with Crippen molar-refractivity contribution in [2.45, 2.75) is 52.7 Å². The van der Waals surface area contributed by atoms with Crippen molar-refractivity contribution < 1.29 is 18.0 Å². The molecule has 2 aromatic carbocycles. The Hall–Kier alpha value is -2.29. The molecule has 34 heavy (non-hydrogen) atoms. The van der Waals surface area contributed by atoms with Crippen LogP contribution < -0.4 is 9.62 Å². The minimum absolute atomic E-state index is 0.00105. The van der Waals surface area contributed by atoms with Gasteiger partial charge in [0, 0.05) is 22.1 Å². The number of rotatable bonds is 8. The molecule has 0 radical (unpaired) electrons. The summed E-state index contributed by atoms with van der Waals surface area (Å²) in [7, 11) is -3.79. The highest BCUT2D eigenvalue weighted by molar-refractivity contribution is 7.92. The van der Waals surface area contributed by atoms with Gasteiger partial charge in [-0.15, -0.1) is 0 Å². The Kier molecular flexibility index (Phi) is 9.02. The second-order valence-electron chi connectivity index (χ2n) is 9.23. The number of nitrogens with one attached hydrogen (secondary N) is 1. The number of anilines is 1. The topological polar surface area (TPSA) is 86.8 Å². The molecule has 2 amide bonds. The van der Waals surface area contributed by atoms with Crippen LogP contribution in [0.25, 0.3) is 0 Å². The zero-order valence-corrected chi connectivity index (χ0v) is 22.6. The van der Waals surface area contributed by atoms with Crippen LogP contribution in [0.2, 0.25) is 10.0 Å². The predicted molar refractivity (Wildman–Crippen MR) is 138 cm³/mol. The second kappa shape index (κ2) is 11.0. The van der Waals surface area contributed by atoms with Crippen molar-refractivity contribution >= 4 is 50.7 Å². The fourth-order valence-corrected chi connectivity index (χ4v) is 4.70. The zero-order valence-electron chi connectivity index (χ0n) is 20.2. The number of benzene rings is 2. The Morgan fingerprint density at radius 2 is 1.71 bits per heavy atom. The maximum atomic E-state index is 13.5. The van der Waals surface area contributed by atoms with E-state index in [1.165, 1.54) is 4.90 Å². The first kappa shape index (κ1) is 28.0. The molecule has 0 saturated heterocycles. The lowest BCUT2D eigenvalue weighted by Gasteiger charge is -2.33. The number of carbonyl (C=O) groups excluding carboxylic acids is 2. The summed E-state index contributed by atoms with van der Waals surface area (Å²) in [5.41, 5.74) is 1.16. The molecule has 0 saturated carbocycles. The number of para-hydroxylation sites is 1. The highest BCUT2D eigenvalue weighted by Gasteiger charge is 2.32. The summed E-state index contributed by atoms with van der Waals surface area (Å²) >= 11 is 12.3. The van der Waals surface area contributed by atoms with Gasteiger partial charge in [-0.25, -0.2) is 8.42 Å². The van der Waals surface area contributed by atoms with E-state index in [4.69, 9.17) is 23.2 Å².